The quantitative estimate of drug-likeness (QED) is 0.166. The van der Waals surface area contributed by atoms with Crippen molar-refractivity contribution in [2.75, 3.05) is 13.1 Å². The van der Waals surface area contributed by atoms with Gasteiger partial charge in [0, 0.05) is 6.54 Å². The zero-order chi connectivity index (χ0) is 26.7. The lowest BCUT2D eigenvalue weighted by Gasteiger charge is -2.29. The lowest BCUT2D eigenvalue weighted by atomic mass is 10.0. The van der Waals surface area contributed by atoms with Crippen LogP contribution in [0, 0.1) is 0 Å². The lowest BCUT2D eigenvalue weighted by Crippen LogP contribution is -2.57. The first-order valence-electron chi connectivity index (χ1n) is 12.1. The molecule has 2 rings (SSSR count). The first-order valence-corrected chi connectivity index (χ1v) is 12.1. The maximum absolute atomic E-state index is 13.3. The summed E-state index contributed by atoms with van der Waals surface area (Å²) in [6, 6.07) is 4.76. The molecule has 12 heteroatoms. The summed E-state index contributed by atoms with van der Waals surface area (Å²) in [4.78, 5) is 63.4. The fourth-order valence-corrected chi connectivity index (χ4v) is 4.16. The number of nitrogens with zero attached hydrogens (tertiary/aromatic N) is 1. The van der Waals surface area contributed by atoms with E-state index < -0.39 is 60.2 Å². The van der Waals surface area contributed by atoms with E-state index in [-0.39, 0.29) is 19.4 Å². The third kappa shape index (κ3) is 8.61. The number of amides is 4. The summed E-state index contributed by atoms with van der Waals surface area (Å²) in [5, 5.41) is 14.4. The molecule has 1 aliphatic rings. The average molecular weight is 505 g/mol. The second kappa shape index (κ2) is 14.1. The monoisotopic (exact) mass is 504 g/mol. The topological polar surface area (TPSA) is 211 Å². The molecular formula is C24H36N6O6. The van der Waals surface area contributed by atoms with Crippen LogP contribution in [0.3, 0.4) is 0 Å². The molecule has 9 N–H and O–H groups in total. The number of likely N-dealkylation sites (tertiary alicyclic amines) is 1. The van der Waals surface area contributed by atoms with Crippen LogP contribution in [0.5, 0.6) is 0 Å². The van der Waals surface area contributed by atoms with Gasteiger partial charge in [0.15, 0.2) is 0 Å². The first-order chi connectivity index (χ1) is 17.1. The van der Waals surface area contributed by atoms with Crippen LogP contribution < -0.4 is 27.8 Å². The van der Waals surface area contributed by atoms with Gasteiger partial charge in [0.2, 0.25) is 23.6 Å². The summed E-state index contributed by atoms with van der Waals surface area (Å²) >= 11 is 0. The fraction of sp³-hybridized carbons (Fsp3) is 0.542. The summed E-state index contributed by atoms with van der Waals surface area (Å²) in [5.41, 5.74) is 17.6. The molecule has 1 aromatic rings. The molecule has 4 atom stereocenters. The van der Waals surface area contributed by atoms with Crippen LogP contribution in [0.1, 0.15) is 44.1 Å². The number of carbonyl (C=O) groups is 5. The van der Waals surface area contributed by atoms with Gasteiger partial charge in [-0.2, -0.15) is 0 Å². The molecule has 1 aromatic carbocycles. The van der Waals surface area contributed by atoms with Crippen LogP contribution >= 0.6 is 0 Å². The molecular weight excluding hydrogens is 468 g/mol. The van der Waals surface area contributed by atoms with Crippen molar-refractivity contribution in [2.45, 2.75) is 69.1 Å². The molecule has 1 saturated heterocycles. The predicted molar refractivity (Wildman–Crippen MR) is 131 cm³/mol. The smallest absolute Gasteiger partial charge is 0.326 e. The largest absolute Gasteiger partial charge is 0.480 e. The standard InChI is InChI=1S/C24H36N6O6/c25-11-5-4-9-17(24(35)36)28-22(33)19-10-6-12-30(19)23(34)18(14-20(27)31)29-21(32)16(26)13-15-7-2-1-3-8-15/h1-3,7-8,16-19H,4-6,9-14,25-26H2,(H2,27,31)(H,28,33)(H,29,32)(H,35,36). The van der Waals surface area contributed by atoms with Crippen LogP contribution in [-0.2, 0) is 30.4 Å². The van der Waals surface area contributed by atoms with E-state index in [0.29, 0.717) is 32.2 Å². The SMILES string of the molecule is NCCCCC(NC(=O)C1CCCN1C(=O)C(CC(N)=O)NC(=O)C(N)Cc1ccccc1)C(=O)O. The molecule has 0 radical (unpaired) electrons. The number of unbranched alkanes of at least 4 members (excludes halogenated alkanes) is 1. The molecule has 1 fully saturated rings. The molecule has 12 nitrogen and oxygen atoms in total. The number of hydrogen-bond acceptors (Lipinski definition) is 7. The predicted octanol–water partition coefficient (Wildman–Crippen LogP) is -1.39. The average Bonchev–Trinajstić information content (AvgIpc) is 3.33. The highest BCUT2D eigenvalue weighted by molar-refractivity contribution is 5.96. The van der Waals surface area contributed by atoms with E-state index in [1.807, 2.05) is 30.3 Å². The normalized spacial score (nSPS) is 17.6. The summed E-state index contributed by atoms with van der Waals surface area (Å²) in [6.07, 6.45) is 1.92. The zero-order valence-electron chi connectivity index (χ0n) is 20.2. The third-order valence-corrected chi connectivity index (χ3v) is 6.06. The Kier molecular flexibility index (Phi) is 11.3. The Balaban J connectivity index is 2.08. The molecule has 0 aromatic heterocycles. The zero-order valence-corrected chi connectivity index (χ0v) is 20.2. The van der Waals surface area contributed by atoms with Gasteiger partial charge in [0.05, 0.1) is 12.5 Å². The number of rotatable bonds is 14. The van der Waals surface area contributed by atoms with Crippen molar-refractivity contribution >= 4 is 29.6 Å². The van der Waals surface area contributed by atoms with Crippen LogP contribution in [0.25, 0.3) is 0 Å². The molecule has 1 heterocycles. The molecule has 198 valence electrons. The second-order valence-electron chi connectivity index (χ2n) is 8.90. The Morgan fingerprint density at radius 2 is 1.75 bits per heavy atom. The van der Waals surface area contributed by atoms with Gasteiger partial charge in [-0.1, -0.05) is 30.3 Å². The van der Waals surface area contributed by atoms with Crippen molar-refractivity contribution in [1.29, 1.82) is 0 Å². The highest BCUT2D eigenvalue weighted by atomic mass is 16.4. The maximum atomic E-state index is 13.3. The molecule has 0 bridgehead atoms. The molecule has 4 amide bonds. The first kappa shape index (κ1) is 28.7. The number of primary amides is 1. The Morgan fingerprint density at radius 1 is 1.06 bits per heavy atom. The van der Waals surface area contributed by atoms with E-state index in [1.54, 1.807) is 0 Å². The van der Waals surface area contributed by atoms with Crippen molar-refractivity contribution in [3.63, 3.8) is 0 Å². The number of hydrogen-bond donors (Lipinski definition) is 6. The Bertz CT molecular complexity index is 927. The van der Waals surface area contributed by atoms with Gasteiger partial charge in [0.1, 0.15) is 18.1 Å². The van der Waals surface area contributed by atoms with Crippen LogP contribution in [0.15, 0.2) is 30.3 Å². The Morgan fingerprint density at radius 3 is 2.36 bits per heavy atom. The lowest BCUT2D eigenvalue weighted by molar-refractivity contribution is -0.145. The van der Waals surface area contributed by atoms with E-state index in [0.717, 1.165) is 5.56 Å². The second-order valence-corrected chi connectivity index (χ2v) is 8.90. The number of nitrogens with one attached hydrogen (secondary N) is 2. The Labute approximate surface area is 209 Å². The van der Waals surface area contributed by atoms with E-state index in [4.69, 9.17) is 17.2 Å². The van der Waals surface area contributed by atoms with Crippen molar-refractivity contribution in [3.05, 3.63) is 35.9 Å². The number of benzene rings is 1. The molecule has 36 heavy (non-hydrogen) atoms. The van der Waals surface area contributed by atoms with E-state index in [9.17, 15) is 29.1 Å². The highest BCUT2D eigenvalue weighted by Crippen LogP contribution is 2.20. The third-order valence-electron chi connectivity index (χ3n) is 6.06. The van der Waals surface area contributed by atoms with Gasteiger partial charge in [-0.05, 0) is 50.6 Å². The number of carboxylic acid groups (broad SMARTS) is 1. The van der Waals surface area contributed by atoms with E-state index >= 15 is 0 Å². The van der Waals surface area contributed by atoms with Gasteiger partial charge in [-0.15, -0.1) is 0 Å². The summed E-state index contributed by atoms with van der Waals surface area (Å²) in [6.45, 7) is 0.621. The van der Waals surface area contributed by atoms with Crippen molar-refractivity contribution < 1.29 is 29.1 Å². The molecule has 0 saturated carbocycles. The van der Waals surface area contributed by atoms with Gasteiger partial charge >= 0.3 is 5.97 Å². The minimum absolute atomic E-state index is 0.207. The Hall–Kier alpha value is -3.51. The van der Waals surface area contributed by atoms with E-state index in [2.05, 4.69) is 10.6 Å². The molecule has 0 spiro atoms. The summed E-state index contributed by atoms with van der Waals surface area (Å²) in [7, 11) is 0. The highest BCUT2D eigenvalue weighted by Gasteiger charge is 2.39. The minimum Gasteiger partial charge on any atom is -0.480 e. The van der Waals surface area contributed by atoms with Gasteiger partial charge < -0.3 is 37.8 Å². The summed E-state index contributed by atoms with van der Waals surface area (Å²) in [5.74, 6) is -3.88. The van der Waals surface area contributed by atoms with Crippen LogP contribution in [0.2, 0.25) is 0 Å². The van der Waals surface area contributed by atoms with Crippen molar-refractivity contribution in [1.82, 2.24) is 15.5 Å². The maximum Gasteiger partial charge on any atom is 0.326 e. The van der Waals surface area contributed by atoms with Crippen LogP contribution in [0.4, 0.5) is 0 Å². The number of nitrogens with two attached hydrogens (primary N) is 3. The fourth-order valence-electron chi connectivity index (χ4n) is 4.16. The molecule has 4 unspecified atom stereocenters. The number of aliphatic carboxylic acids is 1. The number of carbonyl (C=O) groups excluding carboxylic acids is 4. The molecule has 0 aliphatic carbocycles. The van der Waals surface area contributed by atoms with E-state index in [1.165, 1.54) is 4.90 Å². The minimum atomic E-state index is -1.30. The van der Waals surface area contributed by atoms with Crippen LogP contribution in [-0.4, -0.2) is 76.9 Å². The number of carboxylic acids is 1. The van der Waals surface area contributed by atoms with Gasteiger partial charge in [0.25, 0.3) is 0 Å². The van der Waals surface area contributed by atoms with Crippen molar-refractivity contribution in [2.24, 2.45) is 17.2 Å². The van der Waals surface area contributed by atoms with Gasteiger partial charge in [-0.3, -0.25) is 19.2 Å². The summed E-state index contributed by atoms with van der Waals surface area (Å²) < 4.78 is 0. The van der Waals surface area contributed by atoms with Crippen molar-refractivity contribution in [3.8, 4) is 0 Å². The van der Waals surface area contributed by atoms with Gasteiger partial charge in [-0.25, -0.2) is 4.79 Å². The molecule has 1 aliphatic heterocycles.